The zero-order valence-electron chi connectivity index (χ0n) is 6.00. The molecule has 1 rings (SSSR count). The molecule has 3 heteroatoms. The van der Waals surface area contributed by atoms with E-state index in [1.54, 1.807) is 25.3 Å². The fraction of sp³-hybridized carbons (Fsp3) is 0.125. The van der Waals surface area contributed by atoms with Crippen LogP contribution < -0.4 is 4.74 Å². The van der Waals surface area contributed by atoms with Gasteiger partial charge < -0.3 is 4.74 Å². The quantitative estimate of drug-likeness (QED) is 0.494. The van der Waals surface area contributed by atoms with Crippen LogP contribution in [0.1, 0.15) is 0 Å². The van der Waals surface area contributed by atoms with Crippen molar-refractivity contribution < 1.29 is 4.74 Å². The highest BCUT2D eigenvalue weighted by molar-refractivity contribution is 7.78. The van der Waals surface area contributed by atoms with E-state index < -0.39 is 0 Å². The second kappa shape index (κ2) is 3.86. The molecule has 0 saturated heterocycles. The van der Waals surface area contributed by atoms with Crippen LogP contribution in [0.25, 0.3) is 0 Å². The number of hydrogen-bond donors (Lipinski definition) is 0. The van der Waals surface area contributed by atoms with Gasteiger partial charge in [0.05, 0.1) is 12.3 Å². The summed E-state index contributed by atoms with van der Waals surface area (Å²) in [5.41, 5.74) is 0.657. The number of hydrogen-bond acceptors (Lipinski definition) is 3. The predicted octanol–water partition coefficient (Wildman–Crippen LogP) is 2.23. The molecule has 0 fully saturated rings. The molecule has 0 spiro atoms. The third-order valence-electron chi connectivity index (χ3n) is 1.19. The molecule has 0 amide bonds. The van der Waals surface area contributed by atoms with E-state index in [4.69, 9.17) is 4.74 Å². The van der Waals surface area contributed by atoms with Crippen LogP contribution in [0.2, 0.25) is 0 Å². The Morgan fingerprint density at radius 3 is 3.18 bits per heavy atom. The van der Waals surface area contributed by atoms with Gasteiger partial charge in [0, 0.05) is 0 Å². The van der Waals surface area contributed by atoms with Gasteiger partial charge in [-0.15, -0.1) is 0 Å². The molecule has 11 heavy (non-hydrogen) atoms. The molecular formula is C8H6NOS. The average molecular weight is 164 g/mol. The minimum Gasteiger partial charge on any atom is -0.494 e. The molecule has 0 aliphatic heterocycles. The van der Waals surface area contributed by atoms with E-state index in [2.05, 4.69) is 28.4 Å². The lowest BCUT2D eigenvalue weighted by Gasteiger charge is -1.99. The lowest BCUT2D eigenvalue weighted by atomic mass is 10.3. The molecule has 0 N–H and O–H groups in total. The summed E-state index contributed by atoms with van der Waals surface area (Å²) in [4.78, 5) is 3.79. The molecule has 0 atom stereocenters. The van der Waals surface area contributed by atoms with E-state index in [9.17, 15) is 0 Å². The van der Waals surface area contributed by atoms with Gasteiger partial charge in [0.1, 0.15) is 11.4 Å². The normalized spacial score (nSPS) is 8.45. The maximum absolute atomic E-state index is 5.00. The number of aliphatic imine (C=N–C) groups is 1. The van der Waals surface area contributed by atoms with Gasteiger partial charge in [-0.1, -0.05) is 6.07 Å². The van der Waals surface area contributed by atoms with Crippen molar-refractivity contribution in [2.75, 3.05) is 7.11 Å². The van der Waals surface area contributed by atoms with Crippen LogP contribution in [0, 0.1) is 6.07 Å². The monoisotopic (exact) mass is 164 g/mol. The second-order valence-corrected chi connectivity index (χ2v) is 1.98. The highest BCUT2D eigenvalue weighted by Gasteiger charge is 1.96. The lowest BCUT2D eigenvalue weighted by molar-refractivity contribution is 0.416. The van der Waals surface area contributed by atoms with Crippen molar-refractivity contribution in [3.63, 3.8) is 0 Å². The molecule has 0 bridgehead atoms. The first-order valence-corrected chi connectivity index (χ1v) is 3.41. The molecular weight excluding hydrogens is 158 g/mol. The van der Waals surface area contributed by atoms with E-state index in [0.29, 0.717) is 11.4 Å². The summed E-state index contributed by atoms with van der Waals surface area (Å²) in [6.07, 6.45) is 0. The number of isothiocyanates is 1. The largest absolute Gasteiger partial charge is 0.494 e. The van der Waals surface area contributed by atoms with Crippen LogP contribution in [0.4, 0.5) is 5.69 Å². The van der Waals surface area contributed by atoms with E-state index in [-0.39, 0.29) is 0 Å². The number of thiocarbonyl (C=S) groups is 1. The Labute approximate surface area is 70.5 Å². The maximum Gasteiger partial charge on any atom is 0.145 e. The summed E-state index contributed by atoms with van der Waals surface area (Å²) in [7, 11) is 1.58. The standard InChI is InChI=1S/C8H6NOS/c1-10-8-5-3-2-4-7(8)9-6-11/h3-5H,1H3. The average Bonchev–Trinajstić information content (AvgIpc) is 2.06. The van der Waals surface area contributed by atoms with Crippen molar-refractivity contribution in [3.8, 4) is 5.75 Å². The second-order valence-electron chi connectivity index (χ2n) is 1.80. The first-order valence-electron chi connectivity index (χ1n) is 3.00. The molecule has 0 heterocycles. The van der Waals surface area contributed by atoms with Gasteiger partial charge in [0.2, 0.25) is 0 Å². The van der Waals surface area contributed by atoms with Gasteiger partial charge in [-0.25, -0.2) is 0 Å². The molecule has 0 saturated carbocycles. The molecule has 1 aromatic rings. The molecule has 1 radical (unpaired) electrons. The van der Waals surface area contributed by atoms with Crippen LogP contribution >= 0.6 is 12.2 Å². The van der Waals surface area contributed by atoms with E-state index in [1.807, 2.05) is 0 Å². The Morgan fingerprint density at radius 2 is 2.55 bits per heavy atom. The van der Waals surface area contributed by atoms with Crippen molar-refractivity contribution in [3.05, 3.63) is 24.3 Å². The SMILES string of the molecule is COc1cc[c]cc1N=C=S. The Morgan fingerprint density at radius 1 is 1.73 bits per heavy atom. The van der Waals surface area contributed by atoms with Gasteiger partial charge in [0.25, 0.3) is 0 Å². The minimum atomic E-state index is 0.657. The zero-order chi connectivity index (χ0) is 8.10. The van der Waals surface area contributed by atoms with Gasteiger partial charge in [-0.2, -0.15) is 4.99 Å². The fourth-order valence-electron chi connectivity index (χ4n) is 0.717. The molecule has 0 aliphatic rings. The summed E-state index contributed by atoms with van der Waals surface area (Å²) in [5.74, 6) is 0.682. The van der Waals surface area contributed by atoms with E-state index in [0.717, 1.165) is 0 Å². The molecule has 0 aromatic heterocycles. The van der Waals surface area contributed by atoms with E-state index in [1.165, 1.54) is 0 Å². The summed E-state index contributed by atoms with van der Waals surface area (Å²) in [6.45, 7) is 0. The summed E-state index contributed by atoms with van der Waals surface area (Å²) >= 11 is 4.46. The van der Waals surface area contributed by atoms with Crippen LogP contribution in [-0.4, -0.2) is 12.3 Å². The fourth-order valence-corrected chi connectivity index (χ4v) is 0.815. The van der Waals surface area contributed by atoms with Crippen LogP contribution in [-0.2, 0) is 0 Å². The van der Waals surface area contributed by atoms with Crippen molar-refractivity contribution in [1.29, 1.82) is 0 Å². The first-order chi connectivity index (χ1) is 5.38. The number of rotatable bonds is 2. The van der Waals surface area contributed by atoms with Gasteiger partial charge in [-0.3, -0.25) is 0 Å². The van der Waals surface area contributed by atoms with Crippen LogP contribution in [0.15, 0.2) is 23.2 Å². The topological polar surface area (TPSA) is 21.6 Å². The number of benzene rings is 1. The summed E-state index contributed by atoms with van der Waals surface area (Å²) < 4.78 is 5.00. The van der Waals surface area contributed by atoms with E-state index >= 15 is 0 Å². The molecule has 1 aromatic carbocycles. The van der Waals surface area contributed by atoms with Gasteiger partial charge >= 0.3 is 0 Å². The minimum absolute atomic E-state index is 0.657. The lowest BCUT2D eigenvalue weighted by Crippen LogP contribution is -1.81. The van der Waals surface area contributed by atoms with Crippen molar-refractivity contribution >= 4 is 23.1 Å². The number of methoxy groups -OCH3 is 1. The van der Waals surface area contributed by atoms with Crippen LogP contribution in [0.5, 0.6) is 5.75 Å². The van der Waals surface area contributed by atoms with Gasteiger partial charge in [-0.05, 0) is 30.4 Å². The summed E-state index contributed by atoms with van der Waals surface area (Å²) in [5, 5.41) is 2.27. The molecule has 0 unspecified atom stereocenters. The molecule has 0 aliphatic carbocycles. The van der Waals surface area contributed by atoms with Gasteiger partial charge in [0.15, 0.2) is 0 Å². The van der Waals surface area contributed by atoms with Crippen molar-refractivity contribution in [2.45, 2.75) is 0 Å². The number of ether oxygens (including phenoxy) is 1. The Kier molecular flexibility index (Phi) is 2.78. The smallest absolute Gasteiger partial charge is 0.145 e. The number of nitrogens with zero attached hydrogens (tertiary/aromatic N) is 1. The molecule has 2 nitrogen and oxygen atoms in total. The highest BCUT2D eigenvalue weighted by atomic mass is 32.1. The van der Waals surface area contributed by atoms with Crippen LogP contribution in [0.3, 0.4) is 0 Å². The first kappa shape index (κ1) is 7.92. The zero-order valence-corrected chi connectivity index (χ0v) is 6.81. The summed E-state index contributed by atoms with van der Waals surface area (Å²) in [6, 6.07) is 8.07. The Balaban J connectivity index is 3.11. The van der Waals surface area contributed by atoms with Crippen molar-refractivity contribution in [1.82, 2.24) is 0 Å². The third-order valence-corrected chi connectivity index (χ3v) is 1.28. The maximum atomic E-state index is 5.00. The Bertz CT molecular complexity index is 292. The van der Waals surface area contributed by atoms with Crippen molar-refractivity contribution in [2.24, 2.45) is 4.99 Å². The molecule has 55 valence electrons. The predicted molar refractivity (Wildman–Crippen MR) is 46.5 cm³/mol. The highest BCUT2D eigenvalue weighted by Crippen LogP contribution is 2.24. The third kappa shape index (κ3) is 1.87. The Hall–Kier alpha value is -1.18.